The van der Waals surface area contributed by atoms with Crippen LogP contribution < -0.4 is 0 Å². The number of aliphatic hydroxyl groups is 1. The van der Waals surface area contributed by atoms with E-state index in [-0.39, 0.29) is 12.4 Å². The fourth-order valence-electron chi connectivity index (χ4n) is 2.10. The van der Waals surface area contributed by atoms with E-state index in [0.29, 0.717) is 12.0 Å². The van der Waals surface area contributed by atoms with Crippen molar-refractivity contribution in [2.75, 3.05) is 6.61 Å². The van der Waals surface area contributed by atoms with E-state index in [1.807, 2.05) is 0 Å². The molecule has 4 nitrogen and oxygen atoms in total. The number of aliphatic hydroxyl groups excluding tert-OH is 1. The highest BCUT2D eigenvalue weighted by atomic mass is 16.5. The Hall–Kier alpha value is -1.55. The molecule has 0 amide bonds. The minimum absolute atomic E-state index is 0.0225. The number of benzene rings is 1. The van der Waals surface area contributed by atoms with Gasteiger partial charge in [0.2, 0.25) is 0 Å². The predicted molar refractivity (Wildman–Crippen MR) is 82.4 cm³/mol. The zero-order valence-electron chi connectivity index (χ0n) is 12.8. The summed E-state index contributed by atoms with van der Waals surface area (Å²) in [4.78, 5) is 11.7. The largest absolute Gasteiger partial charge is 0.508 e. The molecule has 0 spiro atoms. The van der Waals surface area contributed by atoms with Crippen molar-refractivity contribution in [2.24, 2.45) is 0 Å². The average molecular weight is 294 g/mol. The van der Waals surface area contributed by atoms with Gasteiger partial charge in [0.15, 0.2) is 0 Å². The summed E-state index contributed by atoms with van der Waals surface area (Å²) in [5, 5.41) is 18.9. The fraction of sp³-hybridized carbons (Fsp3) is 0.588. The maximum Gasteiger partial charge on any atom is 0.338 e. The number of rotatable bonds is 10. The number of hydrogen-bond acceptors (Lipinski definition) is 4. The minimum atomic E-state index is -0.600. The van der Waals surface area contributed by atoms with Gasteiger partial charge < -0.3 is 14.9 Å². The van der Waals surface area contributed by atoms with E-state index in [4.69, 9.17) is 9.84 Å². The van der Waals surface area contributed by atoms with Crippen LogP contribution in [0.1, 0.15) is 62.2 Å². The van der Waals surface area contributed by atoms with Gasteiger partial charge in [0.25, 0.3) is 0 Å². The molecule has 1 aromatic rings. The van der Waals surface area contributed by atoms with Crippen LogP contribution in [-0.2, 0) is 4.74 Å². The molecular formula is C17H26O4. The van der Waals surface area contributed by atoms with E-state index in [9.17, 15) is 9.90 Å². The van der Waals surface area contributed by atoms with Gasteiger partial charge in [-0.3, -0.25) is 0 Å². The van der Waals surface area contributed by atoms with E-state index in [0.717, 1.165) is 12.8 Å². The first kappa shape index (κ1) is 17.5. The van der Waals surface area contributed by atoms with Crippen LogP contribution in [0.25, 0.3) is 0 Å². The number of phenolic OH excluding ortho intramolecular Hbond substituents is 1. The van der Waals surface area contributed by atoms with Crippen LogP contribution >= 0.6 is 0 Å². The summed E-state index contributed by atoms with van der Waals surface area (Å²) in [6, 6.07) is 5.86. The van der Waals surface area contributed by atoms with E-state index < -0.39 is 12.1 Å². The summed E-state index contributed by atoms with van der Waals surface area (Å²) in [6.45, 7) is 2.21. The molecular weight excluding hydrogens is 268 g/mol. The smallest absolute Gasteiger partial charge is 0.338 e. The maximum atomic E-state index is 11.7. The summed E-state index contributed by atoms with van der Waals surface area (Å²) in [7, 11) is 0. The Morgan fingerprint density at radius 3 is 2.38 bits per heavy atom. The summed E-state index contributed by atoms with van der Waals surface area (Å²) in [6.07, 6.45) is 7.09. The molecule has 0 fully saturated rings. The zero-order valence-corrected chi connectivity index (χ0v) is 12.8. The molecule has 0 saturated heterocycles. The quantitative estimate of drug-likeness (QED) is 0.510. The van der Waals surface area contributed by atoms with Gasteiger partial charge in [-0.25, -0.2) is 4.79 Å². The molecule has 0 aliphatic heterocycles. The first-order valence-electron chi connectivity index (χ1n) is 7.77. The highest BCUT2D eigenvalue weighted by molar-refractivity contribution is 5.89. The van der Waals surface area contributed by atoms with Crippen LogP contribution in [0.3, 0.4) is 0 Å². The van der Waals surface area contributed by atoms with Gasteiger partial charge in [-0.05, 0) is 30.7 Å². The van der Waals surface area contributed by atoms with Crippen molar-refractivity contribution < 1.29 is 19.7 Å². The lowest BCUT2D eigenvalue weighted by atomic mass is 10.1. The van der Waals surface area contributed by atoms with Gasteiger partial charge in [-0.15, -0.1) is 0 Å². The molecule has 118 valence electrons. The van der Waals surface area contributed by atoms with Gasteiger partial charge in [-0.2, -0.15) is 0 Å². The molecule has 0 saturated carbocycles. The Kier molecular flexibility index (Phi) is 8.51. The monoisotopic (exact) mass is 294 g/mol. The van der Waals surface area contributed by atoms with Crippen LogP contribution in [0.2, 0.25) is 0 Å². The third-order valence-corrected chi connectivity index (χ3v) is 3.40. The van der Waals surface area contributed by atoms with Crippen molar-refractivity contribution in [3.8, 4) is 5.75 Å². The van der Waals surface area contributed by atoms with Gasteiger partial charge in [-0.1, -0.05) is 45.4 Å². The molecule has 0 radical (unpaired) electrons. The first-order chi connectivity index (χ1) is 10.1. The fourth-order valence-corrected chi connectivity index (χ4v) is 2.10. The standard InChI is InChI=1S/C17H26O4/c1-2-3-4-5-6-7-8-16(19)13-21-17(20)14-9-11-15(18)12-10-14/h9-12,16,18-19H,2-8,13H2,1H3. The van der Waals surface area contributed by atoms with Crippen molar-refractivity contribution in [3.05, 3.63) is 29.8 Å². The number of esters is 1. The molecule has 0 aliphatic rings. The Labute approximate surface area is 126 Å². The molecule has 21 heavy (non-hydrogen) atoms. The number of hydrogen-bond donors (Lipinski definition) is 2. The number of ether oxygens (including phenoxy) is 1. The molecule has 0 heterocycles. The second-order valence-corrected chi connectivity index (χ2v) is 5.36. The average Bonchev–Trinajstić information content (AvgIpc) is 2.49. The lowest BCUT2D eigenvalue weighted by molar-refractivity contribution is 0.0232. The number of carbonyl (C=O) groups excluding carboxylic acids is 1. The SMILES string of the molecule is CCCCCCCCC(O)COC(=O)c1ccc(O)cc1. The van der Waals surface area contributed by atoms with Gasteiger partial charge in [0.05, 0.1) is 11.7 Å². The van der Waals surface area contributed by atoms with Gasteiger partial charge in [0, 0.05) is 0 Å². The number of unbranched alkanes of at least 4 members (excludes halogenated alkanes) is 5. The topological polar surface area (TPSA) is 66.8 Å². The number of aromatic hydroxyl groups is 1. The zero-order chi connectivity index (χ0) is 15.5. The highest BCUT2D eigenvalue weighted by Gasteiger charge is 2.10. The van der Waals surface area contributed by atoms with Crippen LogP contribution in [-0.4, -0.2) is 28.9 Å². The Morgan fingerprint density at radius 2 is 1.71 bits per heavy atom. The van der Waals surface area contributed by atoms with Crippen molar-refractivity contribution in [3.63, 3.8) is 0 Å². The molecule has 1 atom stereocenters. The Morgan fingerprint density at radius 1 is 1.10 bits per heavy atom. The molecule has 1 aromatic carbocycles. The molecule has 4 heteroatoms. The summed E-state index contributed by atoms with van der Waals surface area (Å²) in [5.41, 5.74) is 0.375. The molecule has 2 N–H and O–H groups in total. The summed E-state index contributed by atoms with van der Waals surface area (Å²) in [5.74, 6) is -0.369. The first-order valence-corrected chi connectivity index (χ1v) is 7.77. The lowest BCUT2D eigenvalue weighted by Crippen LogP contribution is -2.18. The normalized spacial score (nSPS) is 12.1. The number of carbonyl (C=O) groups is 1. The van der Waals surface area contributed by atoms with Crippen LogP contribution in [0.5, 0.6) is 5.75 Å². The molecule has 0 aromatic heterocycles. The van der Waals surface area contributed by atoms with E-state index in [2.05, 4.69) is 6.92 Å². The predicted octanol–water partition coefficient (Wildman–Crippen LogP) is 3.66. The molecule has 1 rings (SSSR count). The highest BCUT2D eigenvalue weighted by Crippen LogP contribution is 2.12. The maximum absolute atomic E-state index is 11.7. The molecule has 0 aliphatic carbocycles. The summed E-state index contributed by atoms with van der Waals surface area (Å²) < 4.78 is 5.05. The van der Waals surface area contributed by atoms with Crippen molar-refractivity contribution in [2.45, 2.75) is 58.0 Å². The van der Waals surface area contributed by atoms with E-state index in [1.54, 1.807) is 0 Å². The lowest BCUT2D eigenvalue weighted by Gasteiger charge is -2.11. The molecule has 0 bridgehead atoms. The molecule has 1 unspecified atom stereocenters. The van der Waals surface area contributed by atoms with Crippen LogP contribution in [0, 0.1) is 0 Å². The van der Waals surface area contributed by atoms with Gasteiger partial charge in [0.1, 0.15) is 12.4 Å². The van der Waals surface area contributed by atoms with Crippen LogP contribution in [0.4, 0.5) is 0 Å². The van der Waals surface area contributed by atoms with E-state index >= 15 is 0 Å². The minimum Gasteiger partial charge on any atom is -0.508 e. The van der Waals surface area contributed by atoms with Crippen molar-refractivity contribution in [1.29, 1.82) is 0 Å². The Balaban J connectivity index is 2.13. The second-order valence-electron chi connectivity index (χ2n) is 5.36. The Bertz CT molecular complexity index is 400. The van der Waals surface area contributed by atoms with E-state index in [1.165, 1.54) is 49.9 Å². The van der Waals surface area contributed by atoms with Crippen molar-refractivity contribution >= 4 is 5.97 Å². The third kappa shape index (κ3) is 7.71. The second kappa shape index (κ2) is 10.2. The number of phenols is 1. The van der Waals surface area contributed by atoms with Crippen LogP contribution in [0.15, 0.2) is 24.3 Å². The third-order valence-electron chi connectivity index (χ3n) is 3.40. The van der Waals surface area contributed by atoms with Crippen molar-refractivity contribution in [1.82, 2.24) is 0 Å². The van der Waals surface area contributed by atoms with Gasteiger partial charge >= 0.3 is 5.97 Å². The summed E-state index contributed by atoms with van der Waals surface area (Å²) >= 11 is 0.